The number of pyridine rings is 1. The van der Waals surface area contributed by atoms with Crippen LogP contribution in [0.2, 0.25) is 5.02 Å². The van der Waals surface area contributed by atoms with Crippen LogP contribution in [0.25, 0.3) is 5.82 Å². The molecule has 0 bridgehead atoms. The fraction of sp³-hybridized carbons (Fsp3) is 0.348. The van der Waals surface area contributed by atoms with E-state index in [4.69, 9.17) is 16.6 Å². The summed E-state index contributed by atoms with van der Waals surface area (Å²) in [6.07, 6.45) is 5.59. The fourth-order valence-corrected chi connectivity index (χ4v) is 3.90. The van der Waals surface area contributed by atoms with Gasteiger partial charge in [-0.2, -0.15) is 0 Å². The molecule has 0 saturated carbocycles. The highest BCUT2D eigenvalue weighted by Gasteiger charge is 2.20. The molecule has 2 aromatic heterocycles. The molecule has 31 heavy (non-hydrogen) atoms. The summed E-state index contributed by atoms with van der Waals surface area (Å²) >= 11 is 6.15. The van der Waals surface area contributed by atoms with Gasteiger partial charge in [0.05, 0.1) is 6.54 Å². The molecule has 1 aromatic carbocycles. The molecule has 4 rings (SSSR count). The van der Waals surface area contributed by atoms with Gasteiger partial charge in [-0.1, -0.05) is 23.7 Å². The van der Waals surface area contributed by atoms with Crippen molar-refractivity contribution in [1.29, 1.82) is 0 Å². The van der Waals surface area contributed by atoms with Crippen molar-refractivity contribution in [1.82, 2.24) is 24.8 Å². The van der Waals surface area contributed by atoms with E-state index < -0.39 is 0 Å². The second-order valence-electron chi connectivity index (χ2n) is 7.49. The van der Waals surface area contributed by atoms with Crippen molar-refractivity contribution in [2.45, 2.75) is 20.4 Å². The molecule has 0 unspecified atom stereocenters. The summed E-state index contributed by atoms with van der Waals surface area (Å²) in [5, 5.41) is 4.21. The number of rotatable bonds is 5. The zero-order chi connectivity index (χ0) is 21.6. The van der Waals surface area contributed by atoms with Gasteiger partial charge in [0.15, 0.2) is 5.96 Å². The molecule has 8 heteroatoms. The Bertz CT molecular complexity index is 1020. The van der Waals surface area contributed by atoms with Gasteiger partial charge in [0.25, 0.3) is 0 Å². The molecule has 1 N–H and O–H groups in total. The smallest absolute Gasteiger partial charge is 0.194 e. The van der Waals surface area contributed by atoms with E-state index in [-0.39, 0.29) is 0 Å². The highest BCUT2D eigenvalue weighted by molar-refractivity contribution is 6.30. The van der Waals surface area contributed by atoms with Crippen molar-refractivity contribution >= 4 is 23.2 Å². The van der Waals surface area contributed by atoms with Crippen molar-refractivity contribution in [3.8, 4) is 5.82 Å². The summed E-state index contributed by atoms with van der Waals surface area (Å²) in [7, 11) is 0. The second kappa shape index (κ2) is 9.83. The predicted octanol–water partition coefficient (Wildman–Crippen LogP) is 3.52. The van der Waals surface area contributed by atoms with Gasteiger partial charge in [-0.3, -0.25) is 4.57 Å². The predicted molar refractivity (Wildman–Crippen MR) is 126 cm³/mol. The molecule has 1 saturated heterocycles. The molecule has 7 nitrogen and oxygen atoms in total. The van der Waals surface area contributed by atoms with E-state index in [0.717, 1.165) is 60.9 Å². The standard InChI is InChI=1S/C23H28ClN7/c1-3-25-23(30-13-11-29(12-14-30)21-6-4-5-20(24)15-21)28-17-19-7-8-22(27-16-19)31-10-9-26-18(31)2/h4-10,15-16H,3,11-14,17H2,1-2H3,(H,25,28). The van der Waals surface area contributed by atoms with Gasteiger partial charge in [0, 0.05) is 62.0 Å². The lowest BCUT2D eigenvalue weighted by atomic mass is 10.2. The maximum atomic E-state index is 6.15. The van der Waals surface area contributed by atoms with Gasteiger partial charge in [-0.05, 0) is 43.7 Å². The molecule has 0 radical (unpaired) electrons. The molecule has 1 fully saturated rings. The number of nitrogens with zero attached hydrogens (tertiary/aromatic N) is 6. The number of hydrogen-bond donors (Lipinski definition) is 1. The Kier molecular flexibility index (Phi) is 6.72. The Hall–Kier alpha value is -3.06. The topological polar surface area (TPSA) is 61.6 Å². The first-order valence-corrected chi connectivity index (χ1v) is 11.0. The van der Waals surface area contributed by atoms with Crippen molar-refractivity contribution < 1.29 is 0 Å². The van der Waals surface area contributed by atoms with Crippen LogP contribution in [-0.2, 0) is 6.54 Å². The molecule has 0 spiro atoms. The van der Waals surface area contributed by atoms with Crippen LogP contribution < -0.4 is 10.2 Å². The third-order valence-electron chi connectivity index (χ3n) is 5.38. The fourth-order valence-electron chi connectivity index (χ4n) is 3.71. The monoisotopic (exact) mass is 437 g/mol. The van der Waals surface area contributed by atoms with Crippen LogP contribution in [0.3, 0.4) is 0 Å². The number of halogens is 1. The molecule has 0 amide bonds. The van der Waals surface area contributed by atoms with Crippen molar-refractivity contribution in [3.63, 3.8) is 0 Å². The third-order valence-corrected chi connectivity index (χ3v) is 5.62. The lowest BCUT2D eigenvalue weighted by molar-refractivity contribution is 0.372. The first kappa shape index (κ1) is 21.2. The van der Waals surface area contributed by atoms with Gasteiger partial charge < -0.3 is 15.1 Å². The van der Waals surface area contributed by atoms with Gasteiger partial charge in [-0.15, -0.1) is 0 Å². The van der Waals surface area contributed by atoms with Crippen LogP contribution >= 0.6 is 11.6 Å². The Balaban J connectivity index is 1.39. The third kappa shape index (κ3) is 5.17. The van der Waals surface area contributed by atoms with E-state index in [0.29, 0.717) is 6.54 Å². The number of aliphatic imine (C=N–C) groups is 1. The maximum Gasteiger partial charge on any atom is 0.194 e. The van der Waals surface area contributed by atoms with Crippen LogP contribution in [-0.4, -0.2) is 58.1 Å². The number of imidazole rings is 1. The number of guanidine groups is 1. The second-order valence-corrected chi connectivity index (χ2v) is 7.93. The minimum absolute atomic E-state index is 0.590. The lowest BCUT2D eigenvalue weighted by Gasteiger charge is -2.37. The summed E-state index contributed by atoms with van der Waals surface area (Å²) in [6.45, 7) is 9.19. The number of nitrogens with one attached hydrogen (secondary N) is 1. The van der Waals surface area contributed by atoms with Crippen LogP contribution in [0, 0.1) is 6.92 Å². The normalized spacial score (nSPS) is 14.7. The van der Waals surface area contributed by atoms with Crippen molar-refractivity contribution in [2.24, 2.45) is 4.99 Å². The van der Waals surface area contributed by atoms with Gasteiger partial charge in [0.2, 0.25) is 0 Å². The molecule has 3 aromatic rings. The van der Waals surface area contributed by atoms with Crippen LogP contribution in [0.15, 0.2) is 60.0 Å². The number of anilines is 1. The number of aromatic nitrogens is 3. The summed E-state index contributed by atoms with van der Waals surface area (Å²) in [5.74, 6) is 2.74. The number of hydrogen-bond acceptors (Lipinski definition) is 4. The van der Waals surface area contributed by atoms with Crippen molar-refractivity contribution in [2.75, 3.05) is 37.6 Å². The summed E-state index contributed by atoms with van der Waals surface area (Å²) in [6, 6.07) is 12.1. The lowest BCUT2D eigenvalue weighted by Crippen LogP contribution is -2.52. The average molecular weight is 438 g/mol. The molecule has 3 heterocycles. The van der Waals surface area contributed by atoms with E-state index in [1.165, 1.54) is 5.69 Å². The molecule has 1 aliphatic rings. The van der Waals surface area contributed by atoms with Gasteiger partial charge in [-0.25, -0.2) is 15.0 Å². The number of piperazine rings is 1. The first-order valence-electron chi connectivity index (χ1n) is 10.6. The summed E-state index contributed by atoms with van der Waals surface area (Å²) in [5.41, 5.74) is 2.25. The largest absolute Gasteiger partial charge is 0.368 e. The summed E-state index contributed by atoms with van der Waals surface area (Å²) < 4.78 is 1.97. The van der Waals surface area contributed by atoms with E-state index in [1.54, 1.807) is 6.20 Å². The number of benzene rings is 1. The van der Waals surface area contributed by atoms with E-state index in [1.807, 2.05) is 48.1 Å². The summed E-state index contributed by atoms with van der Waals surface area (Å²) in [4.78, 5) is 18.4. The molecule has 1 aliphatic heterocycles. The Morgan fingerprint density at radius 1 is 1.13 bits per heavy atom. The Labute approximate surface area is 188 Å². The minimum Gasteiger partial charge on any atom is -0.368 e. The molecule has 0 atom stereocenters. The maximum absolute atomic E-state index is 6.15. The highest BCUT2D eigenvalue weighted by atomic mass is 35.5. The van der Waals surface area contributed by atoms with E-state index in [9.17, 15) is 0 Å². The Morgan fingerprint density at radius 3 is 2.61 bits per heavy atom. The van der Waals surface area contributed by atoms with Crippen molar-refractivity contribution in [3.05, 3.63) is 71.4 Å². The van der Waals surface area contributed by atoms with Gasteiger partial charge >= 0.3 is 0 Å². The first-order chi connectivity index (χ1) is 15.1. The average Bonchev–Trinajstić information content (AvgIpc) is 3.23. The van der Waals surface area contributed by atoms with E-state index >= 15 is 0 Å². The number of aryl methyl sites for hydroxylation is 1. The quantitative estimate of drug-likeness (QED) is 0.489. The zero-order valence-corrected chi connectivity index (χ0v) is 18.8. The zero-order valence-electron chi connectivity index (χ0n) is 18.0. The van der Waals surface area contributed by atoms with Crippen LogP contribution in [0.5, 0.6) is 0 Å². The molecular weight excluding hydrogens is 410 g/mol. The highest BCUT2D eigenvalue weighted by Crippen LogP contribution is 2.21. The molecule has 162 valence electrons. The van der Waals surface area contributed by atoms with Crippen LogP contribution in [0.1, 0.15) is 18.3 Å². The SMILES string of the molecule is CCNC(=NCc1ccc(-n2ccnc2C)nc1)N1CCN(c2cccc(Cl)c2)CC1. The van der Waals surface area contributed by atoms with E-state index in [2.05, 4.69) is 44.1 Å². The van der Waals surface area contributed by atoms with Gasteiger partial charge in [0.1, 0.15) is 11.6 Å². The minimum atomic E-state index is 0.590. The van der Waals surface area contributed by atoms with Crippen LogP contribution in [0.4, 0.5) is 5.69 Å². The molecule has 0 aliphatic carbocycles. The Morgan fingerprint density at radius 2 is 1.97 bits per heavy atom. The molecular formula is C23H28ClN7.